The van der Waals surface area contributed by atoms with Gasteiger partial charge in [0.1, 0.15) is 0 Å². The molecule has 1 aliphatic heterocycles. The lowest BCUT2D eigenvalue weighted by molar-refractivity contribution is -0.136. The maximum Gasteiger partial charge on any atom is 0.239 e. The zero-order valence-corrected chi connectivity index (χ0v) is 12.9. The molecule has 5 heteroatoms. The number of pyridine rings is 1. The van der Waals surface area contributed by atoms with Crippen molar-refractivity contribution in [3.63, 3.8) is 0 Å². The summed E-state index contributed by atoms with van der Waals surface area (Å²) in [7, 11) is 0. The maximum absolute atomic E-state index is 12.2. The van der Waals surface area contributed by atoms with Crippen molar-refractivity contribution in [1.29, 1.82) is 0 Å². The number of nitrogens with one attached hydrogen (secondary N) is 1. The summed E-state index contributed by atoms with van der Waals surface area (Å²) in [6, 6.07) is 7.96. The summed E-state index contributed by atoms with van der Waals surface area (Å²) in [5.74, 6) is 0.146. The van der Waals surface area contributed by atoms with Crippen molar-refractivity contribution < 1.29 is 4.79 Å². The summed E-state index contributed by atoms with van der Waals surface area (Å²) < 4.78 is 0. The first-order chi connectivity index (χ1) is 10.0. The number of amides is 1. The fourth-order valence-corrected chi connectivity index (χ4v) is 3.08. The molecule has 21 heavy (non-hydrogen) atoms. The summed E-state index contributed by atoms with van der Waals surface area (Å²) in [5.41, 5.74) is 1.94. The molecule has 0 radical (unpaired) electrons. The van der Waals surface area contributed by atoms with Gasteiger partial charge in [0.25, 0.3) is 0 Å². The lowest BCUT2D eigenvalue weighted by atomic mass is 10.1. The third-order valence-corrected chi connectivity index (χ3v) is 4.17. The van der Waals surface area contributed by atoms with Crippen molar-refractivity contribution in [2.75, 3.05) is 6.54 Å². The second-order valence-electron chi connectivity index (χ2n) is 5.65. The highest BCUT2D eigenvalue weighted by atomic mass is 35.5. The number of hydrogen-bond acceptors (Lipinski definition) is 3. The van der Waals surface area contributed by atoms with Gasteiger partial charge in [0, 0.05) is 30.7 Å². The van der Waals surface area contributed by atoms with Gasteiger partial charge in [-0.05, 0) is 31.5 Å². The molecule has 1 N–H and O–H groups in total. The van der Waals surface area contributed by atoms with Crippen LogP contribution in [0.15, 0.2) is 30.5 Å². The van der Waals surface area contributed by atoms with Crippen LogP contribution >= 0.6 is 11.6 Å². The van der Waals surface area contributed by atoms with Gasteiger partial charge in [-0.3, -0.25) is 9.78 Å². The molecule has 2 heterocycles. The maximum atomic E-state index is 12.2. The average molecular weight is 304 g/mol. The topological polar surface area (TPSA) is 45.2 Å². The smallest absolute Gasteiger partial charge is 0.239 e. The second-order valence-corrected chi connectivity index (χ2v) is 6.06. The average Bonchev–Trinajstić information content (AvgIpc) is 2.44. The van der Waals surface area contributed by atoms with Crippen LogP contribution in [0, 0.1) is 0 Å². The summed E-state index contributed by atoms with van der Waals surface area (Å²) in [4.78, 5) is 18.5. The van der Waals surface area contributed by atoms with Crippen LogP contribution in [0.4, 0.5) is 0 Å². The Bertz CT molecular complexity index is 688. The highest BCUT2D eigenvalue weighted by Gasteiger charge is 2.28. The number of carbonyl (C=O) groups is 1. The van der Waals surface area contributed by atoms with Gasteiger partial charge in [-0.25, -0.2) is 0 Å². The predicted octanol–water partition coefficient (Wildman–Crippen LogP) is 2.60. The van der Waals surface area contributed by atoms with Crippen LogP contribution in [0.5, 0.6) is 0 Å². The first-order valence-electron chi connectivity index (χ1n) is 7.12. The standard InChI is InChI=1S/C16H18ClN3O/c1-10-8-20(16(21)11(2)19-10)9-12-3-4-13-14(17)5-6-18-15(13)7-12/h3-7,10-11,19H,8-9H2,1-2H3/t10-,11+/m1/s1. The minimum atomic E-state index is -0.123. The Morgan fingerprint density at radius 3 is 3.00 bits per heavy atom. The lowest BCUT2D eigenvalue weighted by Gasteiger charge is -2.35. The van der Waals surface area contributed by atoms with Gasteiger partial charge < -0.3 is 10.2 Å². The van der Waals surface area contributed by atoms with Crippen LogP contribution in [0.1, 0.15) is 19.4 Å². The van der Waals surface area contributed by atoms with Crippen molar-refractivity contribution in [2.45, 2.75) is 32.5 Å². The van der Waals surface area contributed by atoms with E-state index in [0.717, 1.165) is 23.0 Å². The highest BCUT2D eigenvalue weighted by Crippen LogP contribution is 2.23. The van der Waals surface area contributed by atoms with Gasteiger partial charge in [-0.2, -0.15) is 0 Å². The molecule has 1 aromatic heterocycles. The predicted molar refractivity (Wildman–Crippen MR) is 84.2 cm³/mol. The van der Waals surface area contributed by atoms with Crippen LogP contribution < -0.4 is 5.32 Å². The van der Waals surface area contributed by atoms with Gasteiger partial charge in [-0.1, -0.05) is 23.7 Å². The van der Waals surface area contributed by atoms with E-state index in [0.29, 0.717) is 17.6 Å². The van der Waals surface area contributed by atoms with Crippen LogP contribution in [-0.4, -0.2) is 34.4 Å². The molecule has 3 rings (SSSR count). The number of hydrogen-bond donors (Lipinski definition) is 1. The number of halogens is 1. The van der Waals surface area contributed by atoms with Crippen molar-refractivity contribution in [1.82, 2.24) is 15.2 Å². The minimum absolute atomic E-state index is 0.123. The summed E-state index contributed by atoms with van der Waals surface area (Å²) in [6.45, 7) is 5.34. The molecule has 1 aliphatic rings. The number of piperazine rings is 1. The van der Waals surface area contributed by atoms with E-state index in [9.17, 15) is 4.79 Å². The van der Waals surface area contributed by atoms with E-state index < -0.39 is 0 Å². The number of rotatable bonds is 2. The Balaban J connectivity index is 1.86. The fraction of sp³-hybridized carbons (Fsp3) is 0.375. The van der Waals surface area contributed by atoms with Crippen LogP contribution in [-0.2, 0) is 11.3 Å². The van der Waals surface area contributed by atoms with E-state index in [1.165, 1.54) is 0 Å². The molecular formula is C16H18ClN3O. The van der Waals surface area contributed by atoms with E-state index in [-0.39, 0.29) is 11.9 Å². The van der Waals surface area contributed by atoms with Gasteiger partial charge in [0.2, 0.25) is 5.91 Å². The molecule has 2 aromatic rings. The number of nitrogens with zero attached hydrogens (tertiary/aromatic N) is 2. The molecule has 0 saturated carbocycles. The molecule has 4 nitrogen and oxygen atoms in total. The lowest BCUT2D eigenvalue weighted by Crippen LogP contribution is -2.57. The number of aromatic nitrogens is 1. The van der Waals surface area contributed by atoms with E-state index in [1.807, 2.05) is 30.0 Å². The van der Waals surface area contributed by atoms with Crippen molar-refractivity contribution >= 4 is 28.4 Å². The molecule has 1 fully saturated rings. The Morgan fingerprint density at radius 2 is 2.19 bits per heavy atom. The van der Waals surface area contributed by atoms with Gasteiger partial charge in [0.15, 0.2) is 0 Å². The normalized spacial score (nSPS) is 22.8. The van der Waals surface area contributed by atoms with E-state index in [1.54, 1.807) is 12.3 Å². The van der Waals surface area contributed by atoms with Crippen LogP contribution in [0.3, 0.4) is 0 Å². The number of carbonyl (C=O) groups excluding carboxylic acids is 1. The van der Waals surface area contributed by atoms with Gasteiger partial charge >= 0.3 is 0 Å². The first-order valence-corrected chi connectivity index (χ1v) is 7.50. The van der Waals surface area contributed by atoms with Gasteiger partial charge in [-0.15, -0.1) is 0 Å². The Hall–Kier alpha value is -1.65. The molecule has 0 spiro atoms. The van der Waals surface area contributed by atoms with E-state index >= 15 is 0 Å². The molecule has 110 valence electrons. The number of benzene rings is 1. The van der Waals surface area contributed by atoms with Crippen LogP contribution in [0.25, 0.3) is 10.9 Å². The quantitative estimate of drug-likeness (QED) is 0.927. The van der Waals surface area contributed by atoms with Crippen molar-refractivity contribution in [3.05, 3.63) is 41.0 Å². The molecule has 1 aromatic carbocycles. The molecule has 1 amide bonds. The highest BCUT2D eigenvalue weighted by molar-refractivity contribution is 6.35. The molecule has 0 aliphatic carbocycles. The van der Waals surface area contributed by atoms with Crippen LogP contribution in [0.2, 0.25) is 5.02 Å². The Kier molecular flexibility index (Phi) is 3.83. The molecule has 0 unspecified atom stereocenters. The zero-order chi connectivity index (χ0) is 15.0. The minimum Gasteiger partial charge on any atom is -0.335 e. The van der Waals surface area contributed by atoms with E-state index in [4.69, 9.17) is 11.6 Å². The van der Waals surface area contributed by atoms with Gasteiger partial charge in [0.05, 0.1) is 16.6 Å². The van der Waals surface area contributed by atoms with Crippen molar-refractivity contribution in [3.8, 4) is 0 Å². The SMILES string of the molecule is C[C@@H]1CN(Cc2ccc3c(Cl)ccnc3c2)C(=O)[C@H](C)N1. The summed E-state index contributed by atoms with van der Waals surface area (Å²) >= 11 is 6.15. The van der Waals surface area contributed by atoms with E-state index in [2.05, 4.69) is 17.2 Å². The fourth-order valence-electron chi connectivity index (χ4n) is 2.87. The Morgan fingerprint density at radius 1 is 1.38 bits per heavy atom. The van der Waals surface area contributed by atoms with Crippen molar-refractivity contribution in [2.24, 2.45) is 0 Å². The summed E-state index contributed by atoms with van der Waals surface area (Å²) in [5, 5.41) is 4.90. The molecule has 1 saturated heterocycles. The molecular weight excluding hydrogens is 286 g/mol. The monoisotopic (exact) mass is 303 g/mol. The Labute approximate surface area is 129 Å². The molecule has 2 atom stereocenters. The molecule has 0 bridgehead atoms. The zero-order valence-electron chi connectivity index (χ0n) is 12.1. The largest absolute Gasteiger partial charge is 0.335 e. The third kappa shape index (κ3) is 2.87. The third-order valence-electron chi connectivity index (χ3n) is 3.84. The second kappa shape index (κ2) is 5.62. The summed E-state index contributed by atoms with van der Waals surface area (Å²) in [6.07, 6.45) is 1.70. The number of fused-ring (bicyclic) bond motifs is 1. The first kappa shape index (κ1) is 14.3.